The molecule has 5 heteroatoms. The van der Waals surface area contributed by atoms with Crippen molar-refractivity contribution in [2.75, 3.05) is 19.8 Å². The fourth-order valence-electron chi connectivity index (χ4n) is 2.24. The molecule has 2 N–H and O–H groups in total. The molecular formula is C14H18FNO3. The first-order valence-corrected chi connectivity index (χ1v) is 6.38. The third kappa shape index (κ3) is 3.52. The van der Waals surface area contributed by atoms with Gasteiger partial charge in [0.15, 0.2) is 0 Å². The zero-order valence-corrected chi connectivity index (χ0v) is 10.7. The highest BCUT2D eigenvalue weighted by Gasteiger charge is 2.33. The van der Waals surface area contributed by atoms with Crippen molar-refractivity contribution >= 4 is 5.91 Å². The highest BCUT2D eigenvalue weighted by molar-refractivity contribution is 5.79. The molecule has 0 atom stereocenters. The van der Waals surface area contributed by atoms with Crippen molar-refractivity contribution < 1.29 is 19.0 Å². The summed E-state index contributed by atoms with van der Waals surface area (Å²) in [5.74, 6) is -0.663. The van der Waals surface area contributed by atoms with Crippen LogP contribution in [0.5, 0.6) is 0 Å². The predicted octanol–water partition coefficient (Wildman–Crippen LogP) is 1.03. The van der Waals surface area contributed by atoms with Gasteiger partial charge < -0.3 is 15.2 Å². The molecule has 2 rings (SSSR count). The molecule has 4 nitrogen and oxygen atoms in total. The smallest absolute Gasteiger partial charge is 0.225 e. The zero-order chi connectivity index (χ0) is 13.7. The second-order valence-electron chi connectivity index (χ2n) is 4.87. The summed E-state index contributed by atoms with van der Waals surface area (Å²) in [6, 6.07) is 6.20. The molecule has 0 unspecified atom stereocenters. The Hall–Kier alpha value is -1.46. The number of hydrogen-bond acceptors (Lipinski definition) is 3. The maximum atomic E-state index is 13.5. The van der Waals surface area contributed by atoms with Gasteiger partial charge in [-0.2, -0.15) is 0 Å². The van der Waals surface area contributed by atoms with E-state index < -0.39 is 5.54 Å². The molecule has 1 saturated heterocycles. The summed E-state index contributed by atoms with van der Waals surface area (Å²) in [6.07, 6.45) is 1.13. The normalized spacial score (nSPS) is 18.0. The Labute approximate surface area is 111 Å². The van der Waals surface area contributed by atoms with Crippen molar-refractivity contribution in [2.45, 2.75) is 24.8 Å². The van der Waals surface area contributed by atoms with Gasteiger partial charge >= 0.3 is 0 Å². The van der Waals surface area contributed by atoms with Gasteiger partial charge in [0.25, 0.3) is 0 Å². The first-order valence-electron chi connectivity index (χ1n) is 6.38. The third-order valence-corrected chi connectivity index (χ3v) is 3.47. The standard InChI is InChI=1S/C14H18FNO3/c15-12-4-2-1-3-11(12)9-13(18)16-14(10-17)5-7-19-8-6-14/h1-4,17H,5-10H2,(H,16,18). The summed E-state index contributed by atoms with van der Waals surface area (Å²) >= 11 is 0. The molecule has 1 aliphatic rings. The van der Waals surface area contributed by atoms with Crippen LogP contribution in [0.15, 0.2) is 24.3 Å². The summed E-state index contributed by atoms with van der Waals surface area (Å²) in [6.45, 7) is 0.903. The SMILES string of the molecule is O=C(Cc1ccccc1F)NC1(CO)CCOCC1. The first kappa shape index (κ1) is 14.0. The van der Waals surface area contributed by atoms with Crippen LogP contribution in [0.1, 0.15) is 18.4 Å². The number of benzene rings is 1. The largest absolute Gasteiger partial charge is 0.394 e. The predicted molar refractivity (Wildman–Crippen MR) is 68.1 cm³/mol. The van der Waals surface area contributed by atoms with Crippen molar-refractivity contribution in [3.8, 4) is 0 Å². The highest BCUT2D eigenvalue weighted by atomic mass is 19.1. The second kappa shape index (κ2) is 6.12. The molecule has 0 bridgehead atoms. The van der Waals surface area contributed by atoms with Gasteiger partial charge in [-0.1, -0.05) is 18.2 Å². The molecule has 0 saturated carbocycles. The number of ether oxygens (including phenoxy) is 1. The van der Waals surface area contributed by atoms with Crippen LogP contribution in [0.25, 0.3) is 0 Å². The van der Waals surface area contributed by atoms with E-state index in [4.69, 9.17) is 4.74 Å². The van der Waals surface area contributed by atoms with Gasteiger partial charge in [-0.05, 0) is 24.5 Å². The van der Waals surface area contributed by atoms with E-state index >= 15 is 0 Å². The number of carbonyl (C=O) groups excluding carboxylic acids is 1. The Bertz CT molecular complexity index is 444. The van der Waals surface area contributed by atoms with Crippen molar-refractivity contribution in [3.63, 3.8) is 0 Å². The minimum Gasteiger partial charge on any atom is -0.394 e. The number of amides is 1. The van der Waals surface area contributed by atoms with Crippen molar-refractivity contribution in [3.05, 3.63) is 35.6 Å². The van der Waals surface area contributed by atoms with E-state index in [0.29, 0.717) is 31.6 Å². The molecule has 1 aliphatic heterocycles. The number of aliphatic hydroxyl groups excluding tert-OH is 1. The molecule has 0 radical (unpaired) electrons. The van der Waals surface area contributed by atoms with Gasteiger partial charge in [-0.15, -0.1) is 0 Å². The summed E-state index contributed by atoms with van der Waals surface area (Å²) < 4.78 is 18.7. The zero-order valence-electron chi connectivity index (χ0n) is 10.7. The first-order chi connectivity index (χ1) is 9.15. The summed E-state index contributed by atoms with van der Waals surface area (Å²) in [5.41, 5.74) is -0.263. The number of halogens is 1. The minimum absolute atomic E-state index is 0.0186. The lowest BCUT2D eigenvalue weighted by Crippen LogP contribution is -2.55. The quantitative estimate of drug-likeness (QED) is 0.856. The summed E-state index contributed by atoms with van der Waals surface area (Å²) in [7, 11) is 0. The van der Waals surface area contributed by atoms with Gasteiger partial charge in [0.1, 0.15) is 5.82 Å². The maximum absolute atomic E-state index is 13.5. The minimum atomic E-state index is -0.624. The summed E-state index contributed by atoms with van der Waals surface area (Å²) in [5, 5.41) is 12.3. The van der Waals surface area contributed by atoms with Gasteiger partial charge in [0.05, 0.1) is 18.6 Å². The maximum Gasteiger partial charge on any atom is 0.225 e. The molecule has 0 aliphatic carbocycles. The molecule has 0 spiro atoms. The van der Waals surface area contributed by atoms with Crippen molar-refractivity contribution in [2.24, 2.45) is 0 Å². The van der Waals surface area contributed by atoms with E-state index in [0.717, 1.165) is 0 Å². The third-order valence-electron chi connectivity index (χ3n) is 3.47. The van der Waals surface area contributed by atoms with Crippen LogP contribution in [-0.4, -0.2) is 36.4 Å². The number of hydrogen-bond donors (Lipinski definition) is 2. The van der Waals surface area contributed by atoms with E-state index in [1.807, 2.05) is 0 Å². The molecule has 1 aromatic rings. The van der Waals surface area contributed by atoms with Crippen LogP contribution in [0.2, 0.25) is 0 Å². The number of carbonyl (C=O) groups is 1. The van der Waals surface area contributed by atoms with Crippen LogP contribution < -0.4 is 5.32 Å². The van der Waals surface area contributed by atoms with E-state index in [-0.39, 0.29) is 24.8 Å². The van der Waals surface area contributed by atoms with Crippen LogP contribution in [-0.2, 0) is 16.0 Å². The Kier molecular flexibility index (Phi) is 4.50. The molecule has 1 amide bonds. The average molecular weight is 267 g/mol. The Morgan fingerprint density at radius 3 is 2.68 bits per heavy atom. The number of aliphatic hydroxyl groups is 1. The van der Waals surface area contributed by atoms with Crippen LogP contribution >= 0.6 is 0 Å². The monoisotopic (exact) mass is 267 g/mol. The lowest BCUT2D eigenvalue weighted by atomic mass is 9.90. The molecule has 0 aromatic heterocycles. The molecular weight excluding hydrogens is 249 g/mol. The Morgan fingerprint density at radius 1 is 1.37 bits per heavy atom. The van der Waals surface area contributed by atoms with E-state index in [9.17, 15) is 14.3 Å². The lowest BCUT2D eigenvalue weighted by Gasteiger charge is -2.36. The van der Waals surface area contributed by atoms with Gasteiger partial charge in [0.2, 0.25) is 5.91 Å². The van der Waals surface area contributed by atoms with Crippen LogP contribution in [0, 0.1) is 5.82 Å². The highest BCUT2D eigenvalue weighted by Crippen LogP contribution is 2.20. The molecule has 1 heterocycles. The molecule has 104 valence electrons. The topological polar surface area (TPSA) is 58.6 Å². The summed E-state index contributed by atoms with van der Waals surface area (Å²) in [4.78, 5) is 12.0. The van der Waals surface area contributed by atoms with Gasteiger partial charge in [-0.25, -0.2) is 4.39 Å². The Balaban J connectivity index is 1.98. The Morgan fingerprint density at radius 2 is 2.05 bits per heavy atom. The lowest BCUT2D eigenvalue weighted by molar-refractivity contribution is -0.124. The molecule has 19 heavy (non-hydrogen) atoms. The second-order valence-corrected chi connectivity index (χ2v) is 4.87. The molecule has 1 aromatic carbocycles. The fourth-order valence-corrected chi connectivity index (χ4v) is 2.24. The number of rotatable bonds is 4. The molecule has 1 fully saturated rings. The number of nitrogens with one attached hydrogen (secondary N) is 1. The fraction of sp³-hybridized carbons (Fsp3) is 0.500. The van der Waals surface area contributed by atoms with E-state index in [2.05, 4.69) is 5.32 Å². The van der Waals surface area contributed by atoms with E-state index in [1.54, 1.807) is 18.2 Å². The van der Waals surface area contributed by atoms with Gasteiger partial charge in [0, 0.05) is 13.2 Å². The van der Waals surface area contributed by atoms with E-state index in [1.165, 1.54) is 6.07 Å². The van der Waals surface area contributed by atoms with Crippen molar-refractivity contribution in [1.82, 2.24) is 5.32 Å². The van der Waals surface area contributed by atoms with Gasteiger partial charge in [-0.3, -0.25) is 4.79 Å². The van der Waals surface area contributed by atoms with Crippen LogP contribution in [0.3, 0.4) is 0 Å². The van der Waals surface area contributed by atoms with Crippen molar-refractivity contribution in [1.29, 1.82) is 0 Å². The van der Waals surface area contributed by atoms with Crippen LogP contribution in [0.4, 0.5) is 4.39 Å². The average Bonchev–Trinajstić information content (AvgIpc) is 2.42.